The third kappa shape index (κ3) is 6.52. The van der Waals surface area contributed by atoms with Gasteiger partial charge in [0, 0.05) is 30.9 Å². The molecule has 1 N–H and O–H groups in total. The van der Waals surface area contributed by atoms with Crippen LogP contribution in [0, 0.1) is 0 Å². The van der Waals surface area contributed by atoms with E-state index < -0.39 is 5.60 Å². The Morgan fingerprint density at radius 2 is 2.21 bits per heavy atom. The van der Waals surface area contributed by atoms with E-state index in [9.17, 15) is 4.79 Å². The minimum atomic E-state index is -0.412. The maximum atomic E-state index is 12.0. The highest BCUT2D eigenvalue weighted by atomic mass is 32.2. The van der Waals surface area contributed by atoms with Gasteiger partial charge < -0.3 is 15.0 Å². The first-order valence-electron chi connectivity index (χ1n) is 7.06. The van der Waals surface area contributed by atoms with Gasteiger partial charge in [-0.05, 0) is 39.9 Å². The monoisotopic (exact) mass is 288 g/mol. The average Bonchev–Trinajstić information content (AvgIpc) is 2.34. The Hall–Kier alpha value is -0.420. The van der Waals surface area contributed by atoms with Gasteiger partial charge in [0.2, 0.25) is 0 Å². The first kappa shape index (κ1) is 16.6. The number of carbonyl (C=O) groups excluding carboxylic acids is 1. The van der Waals surface area contributed by atoms with E-state index in [-0.39, 0.29) is 6.09 Å². The van der Waals surface area contributed by atoms with Crippen LogP contribution in [0.15, 0.2) is 0 Å². The van der Waals surface area contributed by atoms with Gasteiger partial charge in [-0.1, -0.05) is 6.92 Å². The Balaban J connectivity index is 2.39. The van der Waals surface area contributed by atoms with Gasteiger partial charge in [0.15, 0.2) is 0 Å². The fraction of sp³-hybridized carbons (Fsp3) is 0.929. The number of hydrogen-bond donors (Lipinski definition) is 1. The Kier molecular flexibility index (Phi) is 6.47. The second kappa shape index (κ2) is 7.39. The summed E-state index contributed by atoms with van der Waals surface area (Å²) in [4.78, 5) is 13.9. The van der Waals surface area contributed by atoms with Crippen molar-refractivity contribution < 1.29 is 9.53 Å². The molecule has 0 aromatic rings. The zero-order valence-corrected chi connectivity index (χ0v) is 13.7. The lowest BCUT2D eigenvalue weighted by atomic mass is 10.1. The van der Waals surface area contributed by atoms with E-state index in [0.717, 1.165) is 32.5 Å². The number of hydrogen-bond acceptors (Lipinski definition) is 4. The van der Waals surface area contributed by atoms with E-state index in [4.69, 9.17) is 4.74 Å². The number of rotatable bonds is 4. The normalized spacial score (nSPS) is 22.2. The predicted molar refractivity (Wildman–Crippen MR) is 81.8 cm³/mol. The molecule has 0 bridgehead atoms. The quantitative estimate of drug-likeness (QED) is 0.863. The lowest BCUT2D eigenvalue weighted by molar-refractivity contribution is 0.0188. The van der Waals surface area contributed by atoms with Crippen molar-refractivity contribution in [3.8, 4) is 0 Å². The lowest BCUT2D eigenvalue weighted by Gasteiger charge is -2.34. The van der Waals surface area contributed by atoms with Crippen LogP contribution in [0.1, 0.15) is 40.5 Å². The molecule has 0 saturated carbocycles. The van der Waals surface area contributed by atoms with E-state index in [2.05, 4.69) is 18.5 Å². The fourth-order valence-electron chi connectivity index (χ4n) is 2.05. The van der Waals surface area contributed by atoms with Crippen molar-refractivity contribution in [3.63, 3.8) is 0 Å². The molecule has 2 atom stereocenters. The summed E-state index contributed by atoms with van der Waals surface area (Å²) in [6.07, 6.45) is 4.13. The van der Waals surface area contributed by atoms with Crippen molar-refractivity contribution in [3.05, 3.63) is 0 Å². The molecular weight excluding hydrogens is 260 g/mol. The summed E-state index contributed by atoms with van der Waals surface area (Å²) in [7, 11) is 0. The number of nitrogens with one attached hydrogen (secondary N) is 1. The molecule has 1 saturated heterocycles. The molecular formula is C14H28N2O2S. The van der Waals surface area contributed by atoms with Crippen LogP contribution in [0.2, 0.25) is 0 Å². The Labute approximate surface area is 121 Å². The molecule has 4 nitrogen and oxygen atoms in total. The largest absolute Gasteiger partial charge is 0.444 e. The maximum absolute atomic E-state index is 12.0. The standard InChI is InChI=1S/C14H28N2O2S/c1-11(19-5)9-15-12-7-6-8-16(10-12)13(17)18-14(2,3)4/h11-12,15H,6-10H2,1-5H3. The van der Waals surface area contributed by atoms with Gasteiger partial charge in [-0.3, -0.25) is 0 Å². The van der Waals surface area contributed by atoms with E-state index in [0.29, 0.717) is 11.3 Å². The zero-order valence-electron chi connectivity index (χ0n) is 12.9. The van der Waals surface area contributed by atoms with Gasteiger partial charge in [-0.2, -0.15) is 11.8 Å². The average molecular weight is 288 g/mol. The van der Waals surface area contributed by atoms with Gasteiger partial charge in [-0.15, -0.1) is 0 Å². The smallest absolute Gasteiger partial charge is 0.410 e. The number of piperidine rings is 1. The Morgan fingerprint density at radius 3 is 2.79 bits per heavy atom. The first-order chi connectivity index (χ1) is 8.81. The SMILES string of the molecule is CSC(C)CNC1CCCN(C(=O)OC(C)(C)C)C1. The van der Waals surface area contributed by atoms with Crippen LogP contribution in [0.25, 0.3) is 0 Å². The molecule has 2 unspecified atom stereocenters. The zero-order chi connectivity index (χ0) is 14.5. The van der Waals surface area contributed by atoms with Crippen LogP contribution in [-0.2, 0) is 4.74 Å². The van der Waals surface area contributed by atoms with Crippen molar-refractivity contribution in [1.29, 1.82) is 0 Å². The number of amides is 1. The number of thioether (sulfide) groups is 1. The van der Waals surface area contributed by atoms with Crippen LogP contribution >= 0.6 is 11.8 Å². The summed E-state index contributed by atoms with van der Waals surface area (Å²) in [5.74, 6) is 0. The highest BCUT2D eigenvalue weighted by molar-refractivity contribution is 7.99. The number of nitrogens with zero attached hydrogens (tertiary/aromatic N) is 1. The van der Waals surface area contributed by atoms with Crippen LogP contribution in [0.3, 0.4) is 0 Å². The molecule has 0 aliphatic carbocycles. The molecule has 112 valence electrons. The molecule has 5 heteroatoms. The second-order valence-corrected chi connectivity index (χ2v) is 7.50. The minimum absolute atomic E-state index is 0.183. The highest BCUT2D eigenvalue weighted by Crippen LogP contribution is 2.15. The summed E-state index contributed by atoms with van der Waals surface area (Å²) < 4.78 is 5.43. The molecule has 0 aromatic heterocycles. The summed E-state index contributed by atoms with van der Waals surface area (Å²) in [5.41, 5.74) is -0.412. The molecule has 1 aliphatic heterocycles. The van der Waals surface area contributed by atoms with Gasteiger partial charge in [0.1, 0.15) is 5.60 Å². The minimum Gasteiger partial charge on any atom is -0.444 e. The topological polar surface area (TPSA) is 41.6 Å². The summed E-state index contributed by atoms with van der Waals surface area (Å²) >= 11 is 1.86. The maximum Gasteiger partial charge on any atom is 0.410 e. The Bertz CT molecular complexity index is 292. The third-order valence-corrected chi connectivity index (χ3v) is 4.14. The number of carbonyl (C=O) groups is 1. The highest BCUT2D eigenvalue weighted by Gasteiger charge is 2.27. The molecule has 1 aliphatic rings. The summed E-state index contributed by atoms with van der Waals surface area (Å²) in [6.45, 7) is 10.5. The Morgan fingerprint density at radius 1 is 1.53 bits per heavy atom. The predicted octanol–water partition coefficient (Wildman–Crippen LogP) is 2.73. The van der Waals surface area contributed by atoms with Crippen molar-refractivity contribution in [2.45, 2.75) is 57.4 Å². The molecule has 0 aromatic carbocycles. The third-order valence-electron chi connectivity index (χ3n) is 3.17. The molecule has 1 fully saturated rings. The van der Waals surface area contributed by atoms with Gasteiger partial charge in [0.25, 0.3) is 0 Å². The van der Waals surface area contributed by atoms with Crippen LogP contribution in [-0.4, -0.2) is 53.8 Å². The molecule has 1 heterocycles. The summed E-state index contributed by atoms with van der Waals surface area (Å²) in [5, 5.41) is 4.16. The summed E-state index contributed by atoms with van der Waals surface area (Å²) in [6, 6.07) is 0.399. The van der Waals surface area contributed by atoms with Gasteiger partial charge in [-0.25, -0.2) is 4.79 Å². The van der Waals surface area contributed by atoms with Crippen molar-refractivity contribution in [2.24, 2.45) is 0 Å². The van der Waals surface area contributed by atoms with Crippen LogP contribution in [0.4, 0.5) is 4.79 Å². The molecule has 1 amide bonds. The van der Waals surface area contributed by atoms with Crippen molar-refractivity contribution >= 4 is 17.9 Å². The molecule has 1 rings (SSSR count). The molecule has 0 radical (unpaired) electrons. The lowest BCUT2D eigenvalue weighted by Crippen LogP contribution is -2.50. The van der Waals surface area contributed by atoms with Gasteiger partial charge in [0.05, 0.1) is 0 Å². The number of likely N-dealkylation sites (tertiary alicyclic amines) is 1. The van der Waals surface area contributed by atoms with Crippen LogP contribution in [0.5, 0.6) is 0 Å². The first-order valence-corrected chi connectivity index (χ1v) is 8.34. The van der Waals surface area contributed by atoms with Crippen LogP contribution < -0.4 is 5.32 Å². The van der Waals surface area contributed by atoms with E-state index in [1.165, 1.54) is 0 Å². The van der Waals surface area contributed by atoms with E-state index >= 15 is 0 Å². The molecule has 0 spiro atoms. The van der Waals surface area contributed by atoms with Crippen molar-refractivity contribution in [2.75, 3.05) is 25.9 Å². The molecule has 19 heavy (non-hydrogen) atoms. The van der Waals surface area contributed by atoms with Crippen molar-refractivity contribution in [1.82, 2.24) is 10.2 Å². The number of ether oxygens (including phenoxy) is 1. The second-order valence-electron chi connectivity index (χ2n) is 6.22. The van der Waals surface area contributed by atoms with E-state index in [1.807, 2.05) is 37.4 Å². The fourth-order valence-corrected chi connectivity index (χ4v) is 2.31. The van der Waals surface area contributed by atoms with E-state index in [1.54, 1.807) is 0 Å². The van der Waals surface area contributed by atoms with Gasteiger partial charge >= 0.3 is 6.09 Å².